The van der Waals surface area contributed by atoms with Crippen LogP contribution in [0.15, 0.2) is 40.6 Å². The first kappa shape index (κ1) is 15.7. The number of hydrogen-bond donors (Lipinski definition) is 2. The first-order chi connectivity index (χ1) is 9.86. The van der Waals surface area contributed by atoms with E-state index in [4.69, 9.17) is 5.14 Å². The van der Waals surface area contributed by atoms with Crippen LogP contribution in [-0.4, -0.2) is 20.9 Å². The summed E-state index contributed by atoms with van der Waals surface area (Å²) in [7, 11) is -3.82. The maximum absolute atomic E-state index is 12.1. The van der Waals surface area contributed by atoms with Gasteiger partial charge < -0.3 is 5.32 Å². The normalized spacial score (nSPS) is 11.3. The molecule has 2 aromatic rings. The fourth-order valence-corrected chi connectivity index (χ4v) is 3.25. The van der Waals surface area contributed by atoms with E-state index in [9.17, 15) is 13.2 Å². The van der Waals surface area contributed by atoms with Crippen LogP contribution in [0.5, 0.6) is 0 Å². The summed E-state index contributed by atoms with van der Waals surface area (Å²) in [6.07, 6.45) is 0.747. The topological polar surface area (TPSA) is 89.3 Å². The average Bonchev–Trinajstić information content (AvgIpc) is 2.90. The molecular formula is C14H16N2O3S2. The minimum atomic E-state index is -3.82. The number of benzene rings is 1. The molecule has 0 atom stereocenters. The molecule has 0 fully saturated rings. The van der Waals surface area contributed by atoms with Gasteiger partial charge in [0.25, 0.3) is 5.91 Å². The SMILES string of the molecule is Cc1cc(C(=O)NCCc2cccs2)cc(S(N)(=O)=O)c1. The van der Waals surface area contributed by atoms with E-state index in [2.05, 4.69) is 5.32 Å². The number of thiophene rings is 1. The minimum Gasteiger partial charge on any atom is -0.352 e. The van der Waals surface area contributed by atoms with Crippen molar-refractivity contribution in [1.82, 2.24) is 5.32 Å². The Bertz CT molecular complexity index is 738. The standard InChI is InChI=1S/C14H16N2O3S2/c1-10-7-11(9-13(8-10)21(15,18)19)14(17)16-5-4-12-3-2-6-20-12/h2-3,6-9H,4-5H2,1H3,(H,16,17)(H2,15,18,19). The smallest absolute Gasteiger partial charge is 0.251 e. The maximum atomic E-state index is 12.1. The Balaban J connectivity index is 2.07. The number of nitrogens with one attached hydrogen (secondary N) is 1. The molecule has 3 N–H and O–H groups in total. The molecule has 0 saturated heterocycles. The number of hydrogen-bond acceptors (Lipinski definition) is 4. The lowest BCUT2D eigenvalue weighted by Crippen LogP contribution is -2.26. The van der Waals surface area contributed by atoms with Crippen LogP contribution in [-0.2, 0) is 16.4 Å². The third kappa shape index (κ3) is 4.38. The molecule has 0 bridgehead atoms. The van der Waals surface area contributed by atoms with E-state index in [-0.39, 0.29) is 10.8 Å². The Hall–Kier alpha value is -1.70. The number of rotatable bonds is 5. The average molecular weight is 324 g/mol. The molecule has 1 aromatic heterocycles. The molecule has 0 aliphatic carbocycles. The van der Waals surface area contributed by atoms with E-state index in [0.29, 0.717) is 17.7 Å². The molecule has 0 radical (unpaired) electrons. The lowest BCUT2D eigenvalue weighted by molar-refractivity contribution is 0.0954. The van der Waals surface area contributed by atoms with Gasteiger partial charge in [0.05, 0.1) is 4.90 Å². The van der Waals surface area contributed by atoms with E-state index in [1.807, 2.05) is 17.5 Å². The first-order valence-corrected chi connectivity index (χ1v) is 8.74. The maximum Gasteiger partial charge on any atom is 0.251 e. The van der Waals surface area contributed by atoms with Crippen LogP contribution in [0.1, 0.15) is 20.8 Å². The Morgan fingerprint density at radius 3 is 2.71 bits per heavy atom. The van der Waals surface area contributed by atoms with Crippen molar-refractivity contribution >= 4 is 27.3 Å². The van der Waals surface area contributed by atoms with Gasteiger partial charge in [-0.15, -0.1) is 11.3 Å². The van der Waals surface area contributed by atoms with Gasteiger partial charge in [-0.05, 0) is 48.6 Å². The summed E-state index contributed by atoms with van der Waals surface area (Å²) >= 11 is 1.63. The molecule has 1 amide bonds. The second-order valence-corrected chi connectivity index (χ2v) is 7.26. The summed E-state index contributed by atoms with van der Waals surface area (Å²) in [5.74, 6) is -0.305. The van der Waals surface area contributed by atoms with Gasteiger partial charge >= 0.3 is 0 Å². The van der Waals surface area contributed by atoms with Crippen molar-refractivity contribution in [2.45, 2.75) is 18.2 Å². The molecule has 21 heavy (non-hydrogen) atoms. The van der Waals surface area contributed by atoms with Gasteiger partial charge in [0.1, 0.15) is 0 Å². The highest BCUT2D eigenvalue weighted by Crippen LogP contribution is 2.14. The molecule has 1 heterocycles. The molecule has 0 aliphatic heterocycles. The third-order valence-corrected chi connectivity index (χ3v) is 4.71. The predicted octanol–water partition coefficient (Wildman–Crippen LogP) is 1.68. The van der Waals surface area contributed by atoms with Crippen molar-refractivity contribution in [2.24, 2.45) is 5.14 Å². The molecule has 0 spiro atoms. The van der Waals surface area contributed by atoms with E-state index in [0.717, 1.165) is 6.42 Å². The number of primary sulfonamides is 1. The number of amides is 1. The zero-order chi connectivity index (χ0) is 15.5. The van der Waals surface area contributed by atoms with Crippen molar-refractivity contribution in [3.05, 3.63) is 51.7 Å². The zero-order valence-corrected chi connectivity index (χ0v) is 13.1. The van der Waals surface area contributed by atoms with Crippen molar-refractivity contribution in [1.29, 1.82) is 0 Å². The molecule has 0 saturated carbocycles. The predicted molar refractivity (Wildman–Crippen MR) is 82.9 cm³/mol. The second kappa shape index (κ2) is 6.38. The summed E-state index contributed by atoms with van der Waals surface area (Å²) in [6, 6.07) is 8.33. The number of nitrogens with two attached hydrogens (primary N) is 1. The van der Waals surface area contributed by atoms with Crippen LogP contribution in [0.2, 0.25) is 0 Å². The minimum absolute atomic E-state index is 0.0501. The molecular weight excluding hydrogens is 308 g/mol. The van der Waals surface area contributed by atoms with Gasteiger partial charge in [0, 0.05) is 17.0 Å². The van der Waals surface area contributed by atoms with Gasteiger partial charge in [-0.1, -0.05) is 6.07 Å². The van der Waals surface area contributed by atoms with Crippen molar-refractivity contribution < 1.29 is 13.2 Å². The third-order valence-electron chi connectivity index (χ3n) is 2.88. The molecule has 0 unspecified atom stereocenters. The van der Waals surface area contributed by atoms with Crippen LogP contribution in [0.4, 0.5) is 0 Å². The summed E-state index contributed by atoms with van der Waals surface area (Å²) in [5.41, 5.74) is 0.968. The lowest BCUT2D eigenvalue weighted by Gasteiger charge is -2.07. The number of sulfonamides is 1. The van der Waals surface area contributed by atoms with Gasteiger partial charge in [0.15, 0.2) is 0 Å². The van der Waals surface area contributed by atoms with Crippen LogP contribution in [0, 0.1) is 6.92 Å². The lowest BCUT2D eigenvalue weighted by atomic mass is 10.1. The molecule has 2 rings (SSSR count). The molecule has 0 aliphatic rings. The monoisotopic (exact) mass is 324 g/mol. The second-order valence-electron chi connectivity index (χ2n) is 4.67. The van der Waals surface area contributed by atoms with E-state index < -0.39 is 10.0 Å². The largest absolute Gasteiger partial charge is 0.352 e. The number of carbonyl (C=O) groups excluding carboxylic acids is 1. The fraction of sp³-hybridized carbons (Fsp3) is 0.214. The Labute approximate surface area is 127 Å². The number of carbonyl (C=O) groups is 1. The van der Waals surface area contributed by atoms with Gasteiger partial charge in [-0.3, -0.25) is 4.79 Å². The first-order valence-electron chi connectivity index (χ1n) is 6.31. The van der Waals surface area contributed by atoms with Gasteiger partial charge in [-0.2, -0.15) is 0 Å². The van der Waals surface area contributed by atoms with Crippen molar-refractivity contribution in [3.8, 4) is 0 Å². The fourth-order valence-electron chi connectivity index (χ4n) is 1.90. The Morgan fingerprint density at radius 2 is 2.10 bits per heavy atom. The van der Waals surface area contributed by atoms with Crippen LogP contribution >= 0.6 is 11.3 Å². The molecule has 112 valence electrons. The van der Waals surface area contributed by atoms with E-state index in [1.54, 1.807) is 24.3 Å². The van der Waals surface area contributed by atoms with Crippen molar-refractivity contribution in [3.63, 3.8) is 0 Å². The van der Waals surface area contributed by atoms with E-state index >= 15 is 0 Å². The highest BCUT2D eigenvalue weighted by Gasteiger charge is 2.13. The zero-order valence-electron chi connectivity index (χ0n) is 11.5. The molecule has 1 aromatic carbocycles. The van der Waals surface area contributed by atoms with Gasteiger partial charge in [-0.25, -0.2) is 13.6 Å². The van der Waals surface area contributed by atoms with Crippen LogP contribution in [0.25, 0.3) is 0 Å². The van der Waals surface area contributed by atoms with E-state index in [1.165, 1.54) is 17.0 Å². The van der Waals surface area contributed by atoms with Gasteiger partial charge in [0.2, 0.25) is 10.0 Å². The summed E-state index contributed by atoms with van der Waals surface area (Å²) in [5, 5.41) is 9.86. The number of aryl methyl sites for hydroxylation is 1. The Morgan fingerprint density at radius 1 is 1.33 bits per heavy atom. The van der Waals surface area contributed by atoms with Crippen LogP contribution < -0.4 is 10.5 Å². The molecule has 5 nitrogen and oxygen atoms in total. The van der Waals surface area contributed by atoms with Crippen LogP contribution in [0.3, 0.4) is 0 Å². The Kier molecular flexibility index (Phi) is 4.76. The highest BCUT2D eigenvalue weighted by molar-refractivity contribution is 7.89. The highest BCUT2D eigenvalue weighted by atomic mass is 32.2. The molecule has 7 heteroatoms. The summed E-state index contributed by atoms with van der Waals surface area (Å²) < 4.78 is 22.8. The summed E-state index contributed by atoms with van der Waals surface area (Å²) in [6.45, 7) is 2.22. The summed E-state index contributed by atoms with van der Waals surface area (Å²) in [4.78, 5) is 13.2. The van der Waals surface area contributed by atoms with Crippen molar-refractivity contribution in [2.75, 3.05) is 6.54 Å². The quantitative estimate of drug-likeness (QED) is 0.877.